The van der Waals surface area contributed by atoms with Crippen molar-refractivity contribution in [3.63, 3.8) is 0 Å². The number of aromatic nitrogens is 2. The van der Waals surface area contributed by atoms with Crippen LogP contribution in [0.25, 0.3) is 22.3 Å². The number of hydrogen-bond donors (Lipinski definition) is 3. The van der Waals surface area contributed by atoms with E-state index < -0.39 is 17.5 Å². The molecule has 2 aliphatic heterocycles. The lowest BCUT2D eigenvalue weighted by Gasteiger charge is -2.31. The summed E-state index contributed by atoms with van der Waals surface area (Å²) in [4.78, 5) is 44.6. The average Bonchev–Trinajstić information content (AvgIpc) is 3.74. The molecule has 3 aromatic rings. The van der Waals surface area contributed by atoms with Crippen LogP contribution < -0.4 is 10.3 Å². The Morgan fingerprint density at radius 3 is 2.73 bits per heavy atom. The van der Waals surface area contributed by atoms with Crippen LogP contribution in [0, 0.1) is 0 Å². The van der Waals surface area contributed by atoms with E-state index in [4.69, 9.17) is 19.6 Å². The number of aliphatic hydroxyl groups excluding tert-OH is 1. The number of rotatable bonds is 10. The fraction of sp³-hybridized carbons (Fsp3) is 0.400. The van der Waals surface area contributed by atoms with Gasteiger partial charge in [-0.1, -0.05) is 13.5 Å². The number of pyridine rings is 2. The number of fused-ring (bicyclic) bond motifs is 5. The largest absolute Gasteiger partial charge is 0.489 e. The van der Waals surface area contributed by atoms with Crippen LogP contribution in [0.4, 0.5) is 0 Å². The zero-order valence-electron chi connectivity index (χ0n) is 22.7. The second kappa shape index (κ2) is 10.1. The van der Waals surface area contributed by atoms with E-state index >= 15 is 0 Å². The van der Waals surface area contributed by atoms with Crippen molar-refractivity contribution in [3.8, 4) is 17.1 Å². The van der Waals surface area contributed by atoms with Crippen molar-refractivity contribution in [1.82, 2.24) is 14.5 Å². The van der Waals surface area contributed by atoms with Gasteiger partial charge in [0.2, 0.25) is 0 Å². The number of nitrogens with zero attached hydrogens (tertiary/aromatic N) is 3. The molecule has 1 fully saturated rings. The van der Waals surface area contributed by atoms with Gasteiger partial charge in [0.05, 0.1) is 41.2 Å². The van der Waals surface area contributed by atoms with E-state index in [-0.39, 0.29) is 55.0 Å². The molecule has 1 saturated carbocycles. The lowest BCUT2D eigenvalue weighted by molar-refractivity contribution is -0.172. The first kappa shape index (κ1) is 27.1. The zero-order valence-corrected chi connectivity index (χ0v) is 22.7. The summed E-state index contributed by atoms with van der Waals surface area (Å²) in [7, 11) is 0. The second-order valence-electron chi connectivity index (χ2n) is 10.8. The SMILES string of the molecule is C=C(COc1ccc2nc3c(c(CN(CCO)C4CC4)c2c1)Cn1c-3cc2c(c1=O)COC(=O)[C@]2(O)CC)C(=O)O. The van der Waals surface area contributed by atoms with Crippen LogP contribution in [-0.2, 0) is 39.6 Å². The van der Waals surface area contributed by atoms with Gasteiger partial charge in [-0.15, -0.1) is 0 Å². The van der Waals surface area contributed by atoms with Crippen LogP contribution in [-0.4, -0.2) is 67.5 Å². The number of ether oxygens (including phenoxy) is 2. The van der Waals surface area contributed by atoms with Crippen LogP contribution in [0.3, 0.4) is 0 Å². The highest BCUT2D eigenvalue weighted by Crippen LogP contribution is 2.41. The molecule has 0 bridgehead atoms. The van der Waals surface area contributed by atoms with Crippen molar-refractivity contribution in [1.29, 1.82) is 0 Å². The Labute approximate surface area is 235 Å². The maximum Gasteiger partial charge on any atom is 0.343 e. The van der Waals surface area contributed by atoms with Crippen molar-refractivity contribution in [2.45, 2.75) is 57.5 Å². The number of hydrogen-bond acceptors (Lipinski definition) is 9. The average molecular weight is 562 g/mol. The number of carboxylic acid groups (broad SMARTS) is 1. The summed E-state index contributed by atoms with van der Waals surface area (Å²) < 4.78 is 12.5. The topological polar surface area (TPSA) is 151 Å². The molecule has 214 valence electrons. The van der Waals surface area contributed by atoms with E-state index in [1.54, 1.807) is 29.7 Å². The number of esters is 1. The summed E-state index contributed by atoms with van der Waals surface area (Å²) >= 11 is 0. The van der Waals surface area contributed by atoms with Crippen LogP contribution in [0.5, 0.6) is 5.75 Å². The molecule has 1 aliphatic carbocycles. The zero-order chi connectivity index (χ0) is 29.1. The predicted molar refractivity (Wildman–Crippen MR) is 147 cm³/mol. The van der Waals surface area contributed by atoms with Crippen molar-refractivity contribution in [2.75, 3.05) is 19.8 Å². The Morgan fingerprint density at radius 2 is 2.05 bits per heavy atom. The first-order valence-electron chi connectivity index (χ1n) is 13.7. The Bertz CT molecular complexity index is 1670. The molecule has 11 nitrogen and oxygen atoms in total. The molecule has 1 aromatic carbocycles. The van der Waals surface area contributed by atoms with Crippen molar-refractivity contribution in [3.05, 3.63) is 69.0 Å². The number of benzene rings is 1. The third-order valence-electron chi connectivity index (χ3n) is 8.30. The van der Waals surface area contributed by atoms with Gasteiger partial charge in [-0.2, -0.15) is 0 Å². The molecule has 4 heterocycles. The molecule has 3 aliphatic rings. The Morgan fingerprint density at radius 1 is 1.27 bits per heavy atom. The predicted octanol–water partition coefficient (Wildman–Crippen LogP) is 2.06. The van der Waals surface area contributed by atoms with Crippen LogP contribution in [0.2, 0.25) is 0 Å². The van der Waals surface area contributed by atoms with E-state index in [0.717, 1.165) is 29.4 Å². The van der Waals surface area contributed by atoms with Crippen molar-refractivity contribution in [2.24, 2.45) is 0 Å². The number of aliphatic hydroxyl groups is 2. The third-order valence-corrected chi connectivity index (χ3v) is 8.30. The minimum absolute atomic E-state index is 0.00337. The summed E-state index contributed by atoms with van der Waals surface area (Å²) in [5.74, 6) is -1.46. The first-order chi connectivity index (χ1) is 19.7. The molecular weight excluding hydrogens is 530 g/mol. The second-order valence-corrected chi connectivity index (χ2v) is 10.8. The van der Waals surface area contributed by atoms with E-state index in [1.165, 1.54) is 0 Å². The normalized spacial score (nSPS) is 19.1. The van der Waals surface area contributed by atoms with Crippen LogP contribution in [0.1, 0.15) is 48.4 Å². The monoisotopic (exact) mass is 561 g/mol. The third kappa shape index (κ3) is 4.50. The molecule has 0 amide bonds. The molecule has 2 aromatic heterocycles. The minimum atomic E-state index is -1.92. The van der Waals surface area contributed by atoms with E-state index in [2.05, 4.69) is 11.5 Å². The van der Waals surface area contributed by atoms with Gasteiger partial charge in [-0.3, -0.25) is 9.69 Å². The van der Waals surface area contributed by atoms with Gasteiger partial charge in [0.25, 0.3) is 5.56 Å². The molecule has 6 rings (SSSR count). The fourth-order valence-corrected chi connectivity index (χ4v) is 5.81. The Hall–Kier alpha value is -4.06. The van der Waals surface area contributed by atoms with Gasteiger partial charge in [0, 0.05) is 35.6 Å². The highest BCUT2D eigenvalue weighted by molar-refractivity contribution is 5.90. The molecule has 1 atom stereocenters. The highest BCUT2D eigenvalue weighted by Gasteiger charge is 2.45. The quantitative estimate of drug-likeness (QED) is 0.194. The van der Waals surface area contributed by atoms with Gasteiger partial charge in [0.15, 0.2) is 5.60 Å². The smallest absolute Gasteiger partial charge is 0.343 e. The van der Waals surface area contributed by atoms with Crippen LogP contribution >= 0.6 is 0 Å². The Balaban J connectivity index is 1.51. The maximum absolute atomic E-state index is 13.7. The van der Waals surface area contributed by atoms with Gasteiger partial charge < -0.3 is 29.4 Å². The summed E-state index contributed by atoms with van der Waals surface area (Å²) in [6, 6.07) is 7.34. The molecular formula is C30H31N3O8. The molecule has 41 heavy (non-hydrogen) atoms. The standard InChI is InChI=1S/C30H31N3O8/c1-3-30(39)23-11-25-26-21(13-33(25)27(35)22(23)15-41-29(30)38)20(12-32(8-9-34)17-4-5-17)19-10-18(6-7-24(19)31-26)40-14-16(2)28(36)37/h6-7,10-11,17,34,39H,2-5,8-9,12-15H2,1H3,(H,36,37)/t30-/m0/s1. The lowest BCUT2D eigenvalue weighted by Crippen LogP contribution is -2.44. The van der Waals surface area contributed by atoms with Gasteiger partial charge >= 0.3 is 11.9 Å². The highest BCUT2D eigenvalue weighted by atomic mass is 16.6. The molecule has 3 N–H and O–H groups in total. The first-order valence-corrected chi connectivity index (χ1v) is 13.7. The fourth-order valence-electron chi connectivity index (χ4n) is 5.81. The van der Waals surface area contributed by atoms with E-state index in [0.29, 0.717) is 41.8 Å². The van der Waals surface area contributed by atoms with Crippen molar-refractivity contribution < 1.29 is 34.4 Å². The number of aliphatic carboxylic acids is 1. The molecule has 0 spiro atoms. The van der Waals surface area contributed by atoms with Gasteiger partial charge in [-0.25, -0.2) is 14.6 Å². The van der Waals surface area contributed by atoms with Crippen molar-refractivity contribution >= 4 is 22.8 Å². The molecule has 0 unspecified atom stereocenters. The molecule has 0 radical (unpaired) electrons. The summed E-state index contributed by atoms with van der Waals surface area (Å²) in [6.45, 7) is 6.03. The summed E-state index contributed by atoms with van der Waals surface area (Å²) in [6.07, 6.45) is 2.12. The Kier molecular flexibility index (Phi) is 6.68. The number of carbonyl (C=O) groups is 2. The lowest BCUT2D eigenvalue weighted by atomic mass is 9.86. The van der Waals surface area contributed by atoms with Crippen LogP contribution in [0.15, 0.2) is 41.2 Å². The minimum Gasteiger partial charge on any atom is -0.489 e. The molecule has 11 heteroatoms. The van der Waals surface area contributed by atoms with E-state index in [1.807, 2.05) is 6.07 Å². The molecule has 0 saturated heterocycles. The maximum atomic E-state index is 13.7. The van der Waals surface area contributed by atoms with Gasteiger partial charge in [-0.05, 0) is 49.1 Å². The summed E-state index contributed by atoms with van der Waals surface area (Å²) in [5, 5.41) is 30.9. The van der Waals surface area contributed by atoms with Gasteiger partial charge in [0.1, 0.15) is 19.0 Å². The summed E-state index contributed by atoms with van der Waals surface area (Å²) in [5.41, 5.74) is 1.70. The number of carboxylic acids is 1. The number of carbonyl (C=O) groups excluding carboxylic acids is 1. The van der Waals surface area contributed by atoms with E-state index in [9.17, 15) is 24.6 Å². The number of cyclic esters (lactones) is 1.